The molecule has 136 valence electrons. The molecule has 0 heterocycles. The van der Waals surface area contributed by atoms with Crippen LogP contribution in [0.1, 0.15) is 13.3 Å². The summed E-state index contributed by atoms with van der Waals surface area (Å²) in [4.78, 5) is 21.5. The van der Waals surface area contributed by atoms with E-state index in [4.69, 9.17) is 0 Å². The van der Waals surface area contributed by atoms with E-state index in [0.29, 0.717) is 0 Å². The van der Waals surface area contributed by atoms with Gasteiger partial charge in [0.2, 0.25) is 5.78 Å². The molecule has 0 saturated heterocycles. The lowest BCUT2D eigenvalue weighted by atomic mass is 9.95. The van der Waals surface area contributed by atoms with Crippen LogP contribution in [-0.2, 0) is 14.3 Å². The van der Waals surface area contributed by atoms with Crippen LogP contribution in [-0.4, -0.2) is 48.5 Å². The molecule has 0 rings (SSSR count). The lowest BCUT2D eigenvalue weighted by Gasteiger charge is -2.35. The van der Waals surface area contributed by atoms with E-state index in [0.717, 1.165) is 6.92 Å². The van der Waals surface area contributed by atoms with Crippen molar-refractivity contribution in [3.8, 4) is 0 Å². The monoisotopic (exact) mass is 366 g/mol. The van der Waals surface area contributed by atoms with Crippen molar-refractivity contribution in [2.75, 3.05) is 6.61 Å². The molecule has 0 aliphatic carbocycles. The number of esters is 1. The van der Waals surface area contributed by atoms with Gasteiger partial charge < -0.3 is 4.74 Å². The molecule has 0 saturated carbocycles. The Balaban J connectivity index is 5.69. The van der Waals surface area contributed by atoms with E-state index in [1.165, 1.54) is 0 Å². The fourth-order valence-electron chi connectivity index (χ4n) is 1.17. The van der Waals surface area contributed by atoms with Crippen LogP contribution in [0, 0.1) is 0 Å². The van der Waals surface area contributed by atoms with Crippen molar-refractivity contribution in [3.63, 3.8) is 0 Å². The molecular weight excluding hydrogens is 358 g/mol. The summed E-state index contributed by atoms with van der Waals surface area (Å²) in [6.45, 7) is 0.625. The van der Waals surface area contributed by atoms with E-state index in [-0.39, 0.29) is 0 Å². The standard InChI is InChI=1S/C10H8F10O3/c1-2-23-5(22)3-4(21)7(13,14)9(17,18)10(19,20)8(15,16)6(11)12/h6H,2-3H2,1H3. The highest BCUT2D eigenvalue weighted by molar-refractivity contribution is 6.00. The van der Waals surface area contributed by atoms with Gasteiger partial charge >= 0.3 is 36.1 Å². The van der Waals surface area contributed by atoms with Crippen molar-refractivity contribution in [3.05, 3.63) is 0 Å². The number of Topliss-reactive ketones (excluding diaryl/α,β-unsaturated/α-hetero) is 1. The second-order valence-corrected chi connectivity index (χ2v) is 4.05. The maximum Gasteiger partial charge on any atom is 0.385 e. The second-order valence-electron chi connectivity index (χ2n) is 4.05. The molecule has 0 aliphatic heterocycles. The molecule has 0 aromatic heterocycles. The van der Waals surface area contributed by atoms with Gasteiger partial charge in [-0.1, -0.05) is 0 Å². The molecule has 3 nitrogen and oxygen atoms in total. The Labute approximate surface area is 121 Å². The zero-order valence-electron chi connectivity index (χ0n) is 11.0. The molecule has 0 N–H and O–H groups in total. The summed E-state index contributed by atoms with van der Waals surface area (Å²) in [6.07, 6.45) is -7.56. The SMILES string of the molecule is CCOC(=O)CC(=O)C(F)(F)C(F)(F)C(F)(F)C(F)(F)C(F)F. The molecule has 0 aromatic rings. The van der Waals surface area contributed by atoms with Gasteiger partial charge in [-0.3, -0.25) is 9.59 Å². The molecule has 0 fully saturated rings. The van der Waals surface area contributed by atoms with Gasteiger partial charge in [0.1, 0.15) is 6.42 Å². The van der Waals surface area contributed by atoms with E-state index in [9.17, 15) is 53.5 Å². The van der Waals surface area contributed by atoms with Gasteiger partial charge in [-0.05, 0) is 6.92 Å². The van der Waals surface area contributed by atoms with Crippen LogP contribution >= 0.6 is 0 Å². The highest BCUT2D eigenvalue weighted by Crippen LogP contribution is 2.54. The Hall–Kier alpha value is -1.56. The average Bonchev–Trinajstić information content (AvgIpc) is 2.37. The summed E-state index contributed by atoms with van der Waals surface area (Å²) in [5.74, 6) is -32.9. The van der Waals surface area contributed by atoms with Gasteiger partial charge in [-0.25, -0.2) is 8.78 Å². The molecule has 0 aliphatic rings. The number of hydrogen-bond acceptors (Lipinski definition) is 3. The third kappa shape index (κ3) is 3.52. The normalized spacial score (nSPS) is 14.1. The summed E-state index contributed by atoms with van der Waals surface area (Å²) in [7, 11) is 0. The maximum absolute atomic E-state index is 13.1. The minimum Gasteiger partial charge on any atom is -0.466 e. The van der Waals surface area contributed by atoms with Crippen molar-refractivity contribution >= 4 is 11.8 Å². The summed E-state index contributed by atoms with van der Waals surface area (Å²) in [6, 6.07) is 0. The Bertz CT molecular complexity index is 460. The molecular formula is C10H8F10O3. The molecule has 23 heavy (non-hydrogen) atoms. The number of carbonyl (C=O) groups excluding carboxylic acids is 2. The van der Waals surface area contributed by atoms with E-state index >= 15 is 0 Å². The fourth-order valence-corrected chi connectivity index (χ4v) is 1.17. The maximum atomic E-state index is 13.1. The average molecular weight is 366 g/mol. The third-order valence-corrected chi connectivity index (χ3v) is 2.44. The molecule has 0 aromatic carbocycles. The topological polar surface area (TPSA) is 43.4 Å². The van der Waals surface area contributed by atoms with Crippen molar-refractivity contribution in [1.29, 1.82) is 0 Å². The lowest BCUT2D eigenvalue weighted by Crippen LogP contribution is -2.66. The predicted molar refractivity (Wildman–Crippen MR) is 52.0 cm³/mol. The van der Waals surface area contributed by atoms with Crippen LogP contribution in [0.5, 0.6) is 0 Å². The Morgan fingerprint density at radius 3 is 1.70 bits per heavy atom. The Morgan fingerprint density at radius 1 is 0.913 bits per heavy atom. The Kier molecular flexibility index (Phi) is 6.07. The number of hydrogen-bond donors (Lipinski definition) is 0. The molecule has 13 heteroatoms. The number of ether oxygens (including phenoxy) is 1. The van der Waals surface area contributed by atoms with Crippen molar-refractivity contribution in [2.45, 2.75) is 43.5 Å². The first kappa shape index (κ1) is 21.4. The van der Waals surface area contributed by atoms with Gasteiger partial charge in [-0.15, -0.1) is 0 Å². The van der Waals surface area contributed by atoms with E-state index in [1.807, 2.05) is 0 Å². The molecule has 0 radical (unpaired) electrons. The first-order chi connectivity index (χ1) is 10.1. The molecule has 0 spiro atoms. The van der Waals surface area contributed by atoms with Gasteiger partial charge in [0.05, 0.1) is 6.61 Å². The summed E-state index contributed by atoms with van der Waals surface area (Å²) >= 11 is 0. The van der Waals surface area contributed by atoms with Gasteiger partial charge in [0.25, 0.3) is 0 Å². The van der Waals surface area contributed by atoms with Crippen LogP contribution in [0.3, 0.4) is 0 Å². The number of halogens is 10. The quantitative estimate of drug-likeness (QED) is 0.376. The summed E-state index contributed by atoms with van der Waals surface area (Å²) < 4.78 is 130. The number of rotatable bonds is 8. The van der Waals surface area contributed by atoms with Crippen LogP contribution in [0.4, 0.5) is 43.9 Å². The second kappa shape index (κ2) is 6.51. The van der Waals surface area contributed by atoms with Crippen molar-refractivity contribution < 1.29 is 58.2 Å². The third-order valence-electron chi connectivity index (χ3n) is 2.44. The van der Waals surface area contributed by atoms with Gasteiger partial charge in [-0.2, -0.15) is 35.1 Å². The molecule has 0 unspecified atom stereocenters. The first-order valence-electron chi connectivity index (χ1n) is 5.55. The number of carbonyl (C=O) groups is 2. The largest absolute Gasteiger partial charge is 0.466 e. The summed E-state index contributed by atoms with van der Waals surface area (Å²) in [5.41, 5.74) is 0. The minimum absolute atomic E-state index is 0.492. The highest BCUT2D eigenvalue weighted by Gasteiger charge is 2.84. The predicted octanol–water partition coefficient (Wildman–Crippen LogP) is 3.32. The van der Waals surface area contributed by atoms with E-state index < -0.39 is 54.9 Å². The van der Waals surface area contributed by atoms with Crippen LogP contribution < -0.4 is 0 Å². The van der Waals surface area contributed by atoms with Crippen molar-refractivity contribution in [2.24, 2.45) is 0 Å². The highest BCUT2D eigenvalue weighted by atomic mass is 19.4. The van der Waals surface area contributed by atoms with Gasteiger partial charge in [0, 0.05) is 0 Å². The zero-order valence-corrected chi connectivity index (χ0v) is 11.0. The first-order valence-corrected chi connectivity index (χ1v) is 5.55. The van der Waals surface area contributed by atoms with Crippen molar-refractivity contribution in [1.82, 2.24) is 0 Å². The number of alkyl halides is 10. The fraction of sp³-hybridized carbons (Fsp3) is 0.800. The van der Waals surface area contributed by atoms with Crippen LogP contribution in [0.25, 0.3) is 0 Å². The molecule has 0 bridgehead atoms. The zero-order chi connectivity index (χ0) is 18.9. The summed E-state index contributed by atoms with van der Waals surface area (Å²) in [5, 5.41) is 0. The molecule has 0 amide bonds. The molecule has 0 atom stereocenters. The van der Waals surface area contributed by atoms with Crippen LogP contribution in [0.15, 0.2) is 0 Å². The number of ketones is 1. The lowest BCUT2D eigenvalue weighted by molar-refractivity contribution is -0.375. The minimum atomic E-state index is -7.28. The van der Waals surface area contributed by atoms with E-state index in [1.54, 1.807) is 0 Å². The van der Waals surface area contributed by atoms with Gasteiger partial charge in [0.15, 0.2) is 0 Å². The Morgan fingerprint density at radius 2 is 1.35 bits per heavy atom. The van der Waals surface area contributed by atoms with Crippen LogP contribution in [0.2, 0.25) is 0 Å². The smallest absolute Gasteiger partial charge is 0.385 e. The van der Waals surface area contributed by atoms with E-state index in [2.05, 4.69) is 4.74 Å².